The topological polar surface area (TPSA) is 82.6 Å². The Labute approximate surface area is 184 Å². The van der Waals surface area contributed by atoms with Crippen LogP contribution in [0.5, 0.6) is 0 Å². The van der Waals surface area contributed by atoms with Gasteiger partial charge in [0.05, 0.1) is 5.69 Å². The summed E-state index contributed by atoms with van der Waals surface area (Å²) in [4.78, 5) is 19.3. The first-order valence-corrected chi connectivity index (χ1v) is 12.6. The fourth-order valence-corrected chi connectivity index (χ4v) is 6.04. The molecule has 0 unspecified atom stereocenters. The first kappa shape index (κ1) is 21.8. The van der Waals surface area contributed by atoms with Crippen molar-refractivity contribution >= 4 is 21.6 Å². The van der Waals surface area contributed by atoms with Crippen molar-refractivity contribution in [3.63, 3.8) is 0 Å². The van der Waals surface area contributed by atoms with Gasteiger partial charge in [0, 0.05) is 50.7 Å². The van der Waals surface area contributed by atoms with E-state index in [2.05, 4.69) is 15.2 Å². The van der Waals surface area contributed by atoms with Crippen LogP contribution in [0.25, 0.3) is 0 Å². The SMILES string of the molecule is O=C(NCc1cccnc1)c1ccc(N2CCCCC2)c(S(=O)(=O)N2CCCCC2)c1. The van der Waals surface area contributed by atoms with E-state index in [0.717, 1.165) is 50.8 Å². The van der Waals surface area contributed by atoms with Gasteiger partial charge in [-0.1, -0.05) is 12.5 Å². The molecule has 1 aromatic heterocycles. The average molecular weight is 443 g/mol. The number of rotatable bonds is 6. The second kappa shape index (κ2) is 9.78. The van der Waals surface area contributed by atoms with Gasteiger partial charge in [-0.3, -0.25) is 9.78 Å². The van der Waals surface area contributed by atoms with Crippen LogP contribution in [0.2, 0.25) is 0 Å². The van der Waals surface area contributed by atoms with E-state index in [1.54, 1.807) is 34.9 Å². The number of aromatic nitrogens is 1. The minimum Gasteiger partial charge on any atom is -0.370 e. The van der Waals surface area contributed by atoms with Gasteiger partial charge in [0.1, 0.15) is 4.90 Å². The van der Waals surface area contributed by atoms with Gasteiger partial charge in [-0.2, -0.15) is 4.31 Å². The third-order valence-electron chi connectivity index (χ3n) is 6.03. The molecule has 0 aliphatic carbocycles. The maximum Gasteiger partial charge on any atom is 0.251 e. The van der Waals surface area contributed by atoms with Crippen LogP contribution in [0.4, 0.5) is 5.69 Å². The normalized spacial score (nSPS) is 18.0. The van der Waals surface area contributed by atoms with Crippen LogP contribution in [0.3, 0.4) is 0 Å². The van der Waals surface area contributed by atoms with Crippen LogP contribution in [-0.2, 0) is 16.6 Å². The highest BCUT2D eigenvalue weighted by atomic mass is 32.2. The van der Waals surface area contributed by atoms with Gasteiger partial charge < -0.3 is 10.2 Å². The summed E-state index contributed by atoms with van der Waals surface area (Å²) in [5, 5.41) is 2.87. The van der Waals surface area contributed by atoms with E-state index >= 15 is 0 Å². The molecule has 1 aromatic carbocycles. The van der Waals surface area contributed by atoms with Crippen molar-refractivity contribution in [3.8, 4) is 0 Å². The van der Waals surface area contributed by atoms with E-state index in [1.165, 1.54) is 6.42 Å². The molecule has 0 saturated carbocycles. The fraction of sp³-hybridized carbons (Fsp3) is 0.478. The maximum absolute atomic E-state index is 13.6. The van der Waals surface area contributed by atoms with Crippen LogP contribution in [0.15, 0.2) is 47.6 Å². The molecular formula is C23H30N4O3S. The molecule has 2 aliphatic rings. The van der Waals surface area contributed by atoms with Gasteiger partial charge in [-0.15, -0.1) is 0 Å². The number of pyridine rings is 1. The molecule has 0 atom stereocenters. The van der Waals surface area contributed by atoms with E-state index in [-0.39, 0.29) is 10.8 Å². The standard InChI is InChI=1S/C23H30N4O3S/c28-23(25-18-19-8-7-11-24-17-19)20-9-10-21(26-12-3-1-4-13-26)22(16-20)31(29,30)27-14-5-2-6-15-27/h7-11,16-17H,1-6,12-15,18H2,(H,25,28). The molecular weight excluding hydrogens is 412 g/mol. The molecule has 4 rings (SSSR count). The van der Waals surface area contributed by atoms with Crippen LogP contribution in [0.1, 0.15) is 54.4 Å². The number of hydrogen-bond acceptors (Lipinski definition) is 5. The molecule has 2 saturated heterocycles. The van der Waals surface area contributed by atoms with E-state index < -0.39 is 10.0 Å². The molecule has 7 nitrogen and oxygen atoms in total. The minimum absolute atomic E-state index is 0.255. The lowest BCUT2D eigenvalue weighted by molar-refractivity contribution is 0.0950. The number of carbonyl (C=O) groups is 1. The summed E-state index contributed by atoms with van der Waals surface area (Å²) in [5.74, 6) is -0.288. The Hall–Kier alpha value is -2.45. The van der Waals surface area contributed by atoms with Gasteiger partial charge in [0.15, 0.2) is 0 Å². The quantitative estimate of drug-likeness (QED) is 0.743. The molecule has 31 heavy (non-hydrogen) atoms. The lowest BCUT2D eigenvalue weighted by atomic mass is 10.1. The number of anilines is 1. The van der Waals surface area contributed by atoms with E-state index in [4.69, 9.17) is 0 Å². The minimum atomic E-state index is -3.66. The Morgan fingerprint density at radius 1 is 0.968 bits per heavy atom. The van der Waals surface area contributed by atoms with Gasteiger partial charge in [-0.25, -0.2) is 8.42 Å². The lowest BCUT2D eigenvalue weighted by Gasteiger charge is -2.33. The van der Waals surface area contributed by atoms with Crippen LogP contribution in [-0.4, -0.2) is 49.8 Å². The summed E-state index contributed by atoms with van der Waals surface area (Å²) in [7, 11) is -3.66. The van der Waals surface area contributed by atoms with Crippen molar-refractivity contribution in [2.75, 3.05) is 31.1 Å². The summed E-state index contributed by atoms with van der Waals surface area (Å²) in [5.41, 5.74) is 1.97. The van der Waals surface area contributed by atoms with Crippen molar-refractivity contribution in [2.45, 2.75) is 50.0 Å². The fourth-order valence-electron chi connectivity index (χ4n) is 4.29. The first-order chi connectivity index (χ1) is 15.1. The third kappa shape index (κ3) is 5.07. The van der Waals surface area contributed by atoms with Gasteiger partial charge in [0.25, 0.3) is 5.91 Å². The Balaban J connectivity index is 1.63. The summed E-state index contributed by atoms with van der Waals surface area (Å²) >= 11 is 0. The van der Waals surface area contributed by atoms with Crippen LogP contribution < -0.4 is 10.2 Å². The van der Waals surface area contributed by atoms with E-state index in [1.807, 2.05) is 12.1 Å². The van der Waals surface area contributed by atoms with Gasteiger partial charge in [0.2, 0.25) is 10.0 Å². The summed E-state index contributed by atoms with van der Waals surface area (Å²) < 4.78 is 28.7. The lowest BCUT2D eigenvalue weighted by Crippen LogP contribution is -2.38. The summed E-state index contributed by atoms with van der Waals surface area (Å²) in [6, 6.07) is 8.81. The molecule has 8 heteroatoms. The number of nitrogens with zero attached hydrogens (tertiary/aromatic N) is 3. The Bertz CT molecular complexity index is 999. The second-order valence-electron chi connectivity index (χ2n) is 8.24. The highest BCUT2D eigenvalue weighted by Crippen LogP contribution is 2.32. The molecule has 2 aromatic rings. The molecule has 2 fully saturated rings. The predicted molar refractivity (Wildman–Crippen MR) is 121 cm³/mol. The smallest absolute Gasteiger partial charge is 0.251 e. The number of amides is 1. The van der Waals surface area contributed by atoms with Crippen molar-refractivity contribution in [1.82, 2.24) is 14.6 Å². The van der Waals surface area contributed by atoms with Crippen LogP contribution >= 0.6 is 0 Å². The molecule has 1 N–H and O–H groups in total. The predicted octanol–water partition coefficient (Wildman–Crippen LogP) is 3.18. The Morgan fingerprint density at radius 3 is 2.35 bits per heavy atom. The number of sulfonamides is 1. The average Bonchev–Trinajstić information content (AvgIpc) is 2.84. The Kier molecular flexibility index (Phi) is 6.87. The molecule has 0 spiro atoms. The Morgan fingerprint density at radius 2 is 1.68 bits per heavy atom. The maximum atomic E-state index is 13.6. The second-order valence-corrected chi connectivity index (χ2v) is 10.1. The number of hydrogen-bond donors (Lipinski definition) is 1. The monoisotopic (exact) mass is 442 g/mol. The number of benzene rings is 1. The molecule has 3 heterocycles. The zero-order valence-corrected chi connectivity index (χ0v) is 18.6. The molecule has 166 valence electrons. The zero-order chi connectivity index (χ0) is 21.7. The van der Waals surface area contributed by atoms with E-state index in [0.29, 0.717) is 30.9 Å². The van der Waals surface area contributed by atoms with Gasteiger partial charge in [-0.05, 0) is 61.9 Å². The van der Waals surface area contributed by atoms with Gasteiger partial charge >= 0.3 is 0 Å². The molecule has 0 radical (unpaired) electrons. The molecule has 2 aliphatic heterocycles. The highest BCUT2D eigenvalue weighted by Gasteiger charge is 2.31. The zero-order valence-electron chi connectivity index (χ0n) is 17.8. The summed E-state index contributed by atoms with van der Waals surface area (Å²) in [6.07, 6.45) is 9.47. The molecule has 0 bridgehead atoms. The largest absolute Gasteiger partial charge is 0.370 e. The number of carbonyl (C=O) groups excluding carboxylic acids is 1. The van der Waals surface area contributed by atoms with Crippen LogP contribution in [0, 0.1) is 0 Å². The first-order valence-electron chi connectivity index (χ1n) is 11.1. The third-order valence-corrected chi connectivity index (χ3v) is 7.96. The van der Waals surface area contributed by atoms with E-state index in [9.17, 15) is 13.2 Å². The van der Waals surface area contributed by atoms with Crippen molar-refractivity contribution in [1.29, 1.82) is 0 Å². The summed E-state index contributed by atoms with van der Waals surface area (Å²) in [6.45, 7) is 3.11. The van der Waals surface area contributed by atoms with Crippen molar-refractivity contribution < 1.29 is 13.2 Å². The highest BCUT2D eigenvalue weighted by molar-refractivity contribution is 7.89. The van der Waals surface area contributed by atoms with Crippen molar-refractivity contribution in [3.05, 3.63) is 53.9 Å². The molecule has 1 amide bonds. The number of nitrogens with one attached hydrogen (secondary N) is 1. The van der Waals surface area contributed by atoms with Crippen molar-refractivity contribution in [2.24, 2.45) is 0 Å². The number of piperidine rings is 2.